The minimum atomic E-state index is 0.442. The molecule has 0 unspecified atom stereocenters. The highest BCUT2D eigenvalue weighted by Gasteiger charge is 2.07. The zero-order valence-corrected chi connectivity index (χ0v) is 10.5. The fourth-order valence-electron chi connectivity index (χ4n) is 1.63. The van der Waals surface area contributed by atoms with Crippen molar-refractivity contribution in [2.45, 2.75) is 19.8 Å². The first-order chi connectivity index (χ1) is 8.18. The van der Waals surface area contributed by atoms with Crippen LogP contribution in [-0.4, -0.2) is 17.0 Å². The van der Waals surface area contributed by atoms with Crippen molar-refractivity contribution < 1.29 is 0 Å². The molecule has 0 bridgehead atoms. The van der Waals surface area contributed by atoms with Gasteiger partial charge in [0, 0.05) is 18.9 Å². The van der Waals surface area contributed by atoms with E-state index in [1.807, 2.05) is 42.4 Å². The molecule has 0 radical (unpaired) electrons. The Morgan fingerprint density at radius 1 is 1.12 bits per heavy atom. The zero-order valence-electron chi connectivity index (χ0n) is 10.5. The van der Waals surface area contributed by atoms with Gasteiger partial charge in [-0.2, -0.15) is 0 Å². The van der Waals surface area contributed by atoms with Crippen molar-refractivity contribution in [3.63, 3.8) is 0 Å². The number of pyridine rings is 2. The van der Waals surface area contributed by atoms with Gasteiger partial charge in [0.05, 0.1) is 11.9 Å². The van der Waals surface area contributed by atoms with E-state index in [1.165, 1.54) is 0 Å². The lowest BCUT2D eigenvalue weighted by Gasteiger charge is -2.19. The summed E-state index contributed by atoms with van der Waals surface area (Å²) < 4.78 is 0. The van der Waals surface area contributed by atoms with Gasteiger partial charge in [0.2, 0.25) is 0 Å². The number of hydrogen-bond acceptors (Lipinski definition) is 3. The van der Waals surface area contributed by atoms with Gasteiger partial charge in [-0.3, -0.25) is 4.98 Å². The Hall–Kier alpha value is -1.90. The molecule has 2 heterocycles. The van der Waals surface area contributed by atoms with Crippen LogP contribution in [0.2, 0.25) is 0 Å². The van der Waals surface area contributed by atoms with Crippen LogP contribution in [0.4, 0.5) is 11.5 Å². The first-order valence-electron chi connectivity index (χ1n) is 5.79. The van der Waals surface area contributed by atoms with Gasteiger partial charge in [-0.05, 0) is 30.2 Å². The molecule has 0 atom stereocenters. The predicted molar refractivity (Wildman–Crippen MR) is 70.6 cm³/mol. The summed E-state index contributed by atoms with van der Waals surface area (Å²) in [5.41, 5.74) is 2.15. The molecule has 0 N–H and O–H groups in total. The van der Waals surface area contributed by atoms with Crippen LogP contribution in [0, 0.1) is 0 Å². The van der Waals surface area contributed by atoms with Gasteiger partial charge < -0.3 is 4.90 Å². The minimum Gasteiger partial charge on any atom is -0.328 e. The lowest BCUT2D eigenvalue weighted by atomic mass is 10.1. The molecule has 0 aliphatic carbocycles. The highest BCUT2D eigenvalue weighted by Crippen LogP contribution is 2.22. The van der Waals surface area contributed by atoms with Crippen LogP contribution < -0.4 is 4.90 Å². The Morgan fingerprint density at radius 3 is 2.59 bits per heavy atom. The van der Waals surface area contributed by atoms with E-state index >= 15 is 0 Å². The van der Waals surface area contributed by atoms with Crippen LogP contribution in [0.5, 0.6) is 0 Å². The first kappa shape index (κ1) is 11.6. The summed E-state index contributed by atoms with van der Waals surface area (Å²) in [7, 11) is 2.00. The molecule has 0 aliphatic heterocycles. The van der Waals surface area contributed by atoms with Crippen LogP contribution in [0.3, 0.4) is 0 Å². The van der Waals surface area contributed by atoms with E-state index in [0.717, 1.165) is 17.2 Å². The van der Waals surface area contributed by atoms with Crippen molar-refractivity contribution >= 4 is 11.5 Å². The lowest BCUT2D eigenvalue weighted by Crippen LogP contribution is -2.12. The molecule has 88 valence electrons. The summed E-state index contributed by atoms with van der Waals surface area (Å²) in [5.74, 6) is 1.39. The fourth-order valence-corrected chi connectivity index (χ4v) is 1.63. The van der Waals surface area contributed by atoms with Crippen LogP contribution in [0.15, 0.2) is 42.7 Å². The standard InChI is InChI=1S/C14H17N3/c1-11(2)13-7-4-8-14(16-13)17(3)12-6-5-9-15-10-12/h4-11H,1-3H3. The van der Waals surface area contributed by atoms with Gasteiger partial charge in [0.25, 0.3) is 0 Å². The van der Waals surface area contributed by atoms with E-state index in [2.05, 4.69) is 29.9 Å². The molecule has 17 heavy (non-hydrogen) atoms. The van der Waals surface area contributed by atoms with E-state index in [0.29, 0.717) is 5.92 Å². The lowest BCUT2D eigenvalue weighted by molar-refractivity contribution is 0.820. The van der Waals surface area contributed by atoms with Crippen LogP contribution in [0.25, 0.3) is 0 Å². The van der Waals surface area contributed by atoms with E-state index in [-0.39, 0.29) is 0 Å². The Morgan fingerprint density at radius 2 is 1.94 bits per heavy atom. The highest BCUT2D eigenvalue weighted by molar-refractivity contribution is 5.57. The monoisotopic (exact) mass is 227 g/mol. The maximum Gasteiger partial charge on any atom is 0.133 e. The summed E-state index contributed by atoms with van der Waals surface area (Å²) in [6, 6.07) is 10.1. The van der Waals surface area contributed by atoms with Gasteiger partial charge in [-0.1, -0.05) is 19.9 Å². The third-order valence-corrected chi connectivity index (χ3v) is 2.72. The number of nitrogens with zero attached hydrogens (tertiary/aromatic N) is 3. The van der Waals surface area contributed by atoms with E-state index in [4.69, 9.17) is 0 Å². The summed E-state index contributed by atoms with van der Waals surface area (Å²) in [6.07, 6.45) is 3.61. The van der Waals surface area contributed by atoms with Crippen molar-refractivity contribution in [1.29, 1.82) is 0 Å². The van der Waals surface area contributed by atoms with E-state index < -0.39 is 0 Å². The first-order valence-corrected chi connectivity index (χ1v) is 5.79. The molecule has 0 fully saturated rings. The normalized spacial score (nSPS) is 10.6. The Kier molecular flexibility index (Phi) is 3.38. The number of anilines is 2. The number of rotatable bonds is 3. The molecule has 0 aromatic carbocycles. The Balaban J connectivity index is 2.31. The van der Waals surface area contributed by atoms with Crippen LogP contribution >= 0.6 is 0 Å². The van der Waals surface area contributed by atoms with Crippen LogP contribution in [-0.2, 0) is 0 Å². The molecule has 3 nitrogen and oxygen atoms in total. The minimum absolute atomic E-state index is 0.442. The largest absolute Gasteiger partial charge is 0.328 e. The fraction of sp³-hybridized carbons (Fsp3) is 0.286. The third-order valence-electron chi connectivity index (χ3n) is 2.72. The smallest absolute Gasteiger partial charge is 0.133 e. The number of hydrogen-bond donors (Lipinski definition) is 0. The molecule has 2 aromatic rings. The zero-order chi connectivity index (χ0) is 12.3. The molecular formula is C14H17N3. The summed E-state index contributed by atoms with van der Waals surface area (Å²) in [6.45, 7) is 4.30. The molecule has 2 rings (SSSR count). The van der Waals surface area contributed by atoms with Gasteiger partial charge in [-0.25, -0.2) is 4.98 Å². The molecule has 0 spiro atoms. The van der Waals surface area contributed by atoms with Crippen molar-refractivity contribution in [1.82, 2.24) is 9.97 Å². The SMILES string of the molecule is CC(C)c1cccc(N(C)c2cccnc2)n1. The molecule has 2 aromatic heterocycles. The maximum absolute atomic E-state index is 4.65. The van der Waals surface area contributed by atoms with Crippen molar-refractivity contribution in [3.05, 3.63) is 48.4 Å². The molecule has 0 saturated carbocycles. The predicted octanol–water partition coefficient (Wildman–Crippen LogP) is 3.37. The van der Waals surface area contributed by atoms with Gasteiger partial charge in [-0.15, -0.1) is 0 Å². The van der Waals surface area contributed by atoms with Gasteiger partial charge in [0.15, 0.2) is 0 Å². The quantitative estimate of drug-likeness (QED) is 0.805. The topological polar surface area (TPSA) is 29.0 Å². The Labute approximate surface area is 102 Å². The number of aromatic nitrogens is 2. The van der Waals surface area contributed by atoms with Crippen molar-refractivity contribution in [2.24, 2.45) is 0 Å². The molecule has 0 amide bonds. The second-order valence-electron chi connectivity index (χ2n) is 4.35. The summed E-state index contributed by atoms with van der Waals surface area (Å²) in [5, 5.41) is 0. The van der Waals surface area contributed by atoms with Gasteiger partial charge >= 0.3 is 0 Å². The van der Waals surface area contributed by atoms with E-state index in [9.17, 15) is 0 Å². The average molecular weight is 227 g/mol. The Bertz CT molecular complexity index is 480. The third kappa shape index (κ3) is 2.61. The molecule has 3 heteroatoms. The molecule has 0 aliphatic rings. The van der Waals surface area contributed by atoms with Crippen LogP contribution in [0.1, 0.15) is 25.5 Å². The second kappa shape index (κ2) is 4.95. The highest BCUT2D eigenvalue weighted by atomic mass is 15.2. The van der Waals surface area contributed by atoms with Crippen molar-refractivity contribution in [2.75, 3.05) is 11.9 Å². The summed E-state index contributed by atoms with van der Waals surface area (Å²) in [4.78, 5) is 10.8. The molecule has 0 saturated heterocycles. The van der Waals surface area contributed by atoms with Crippen molar-refractivity contribution in [3.8, 4) is 0 Å². The molecular weight excluding hydrogens is 210 g/mol. The second-order valence-corrected chi connectivity index (χ2v) is 4.35. The summed E-state index contributed by atoms with van der Waals surface area (Å²) >= 11 is 0. The average Bonchev–Trinajstić information content (AvgIpc) is 2.39. The van der Waals surface area contributed by atoms with Gasteiger partial charge in [0.1, 0.15) is 5.82 Å². The van der Waals surface area contributed by atoms with E-state index in [1.54, 1.807) is 6.20 Å². The maximum atomic E-state index is 4.65.